The van der Waals surface area contributed by atoms with Crippen molar-refractivity contribution in [2.45, 2.75) is 13.0 Å². The molecule has 2 N–H and O–H groups in total. The number of rotatable bonds is 3. The Balaban J connectivity index is 2.98. The van der Waals surface area contributed by atoms with Gasteiger partial charge < -0.3 is 10.4 Å². The standard InChI is InChI=1S/C10H9BrN2O2/c1-6(10(14)15)13-9-4-8(11)3-2-7(9)5-12/h2-4,6,13H,1H3,(H,14,15). The number of anilines is 1. The normalized spacial score (nSPS) is 11.5. The van der Waals surface area contributed by atoms with E-state index >= 15 is 0 Å². The van der Waals surface area contributed by atoms with Crippen molar-refractivity contribution < 1.29 is 9.90 Å². The Morgan fingerprint density at radius 1 is 1.67 bits per heavy atom. The van der Waals surface area contributed by atoms with Crippen LogP contribution in [-0.2, 0) is 4.79 Å². The van der Waals surface area contributed by atoms with Gasteiger partial charge in [-0.05, 0) is 25.1 Å². The van der Waals surface area contributed by atoms with E-state index in [4.69, 9.17) is 10.4 Å². The first kappa shape index (κ1) is 11.5. The summed E-state index contributed by atoms with van der Waals surface area (Å²) >= 11 is 3.26. The zero-order chi connectivity index (χ0) is 11.4. The monoisotopic (exact) mass is 268 g/mol. The van der Waals surface area contributed by atoms with Crippen LogP contribution in [0.4, 0.5) is 5.69 Å². The van der Waals surface area contributed by atoms with E-state index in [0.717, 1.165) is 4.47 Å². The van der Waals surface area contributed by atoms with Crippen molar-refractivity contribution in [2.75, 3.05) is 5.32 Å². The molecule has 1 unspecified atom stereocenters. The minimum Gasteiger partial charge on any atom is -0.480 e. The fourth-order valence-electron chi connectivity index (χ4n) is 1.03. The van der Waals surface area contributed by atoms with E-state index < -0.39 is 12.0 Å². The Kier molecular flexibility index (Phi) is 3.69. The number of aliphatic carboxylic acids is 1. The van der Waals surface area contributed by atoms with E-state index in [-0.39, 0.29) is 0 Å². The molecule has 0 amide bonds. The van der Waals surface area contributed by atoms with Gasteiger partial charge in [-0.3, -0.25) is 4.79 Å². The van der Waals surface area contributed by atoms with Crippen LogP contribution in [0.15, 0.2) is 22.7 Å². The van der Waals surface area contributed by atoms with Crippen LogP contribution in [0, 0.1) is 11.3 Å². The summed E-state index contributed by atoms with van der Waals surface area (Å²) in [4.78, 5) is 10.6. The zero-order valence-corrected chi connectivity index (χ0v) is 9.58. The van der Waals surface area contributed by atoms with Crippen molar-refractivity contribution in [1.29, 1.82) is 5.26 Å². The number of hydrogen-bond donors (Lipinski definition) is 2. The minimum atomic E-state index is -0.959. The maximum Gasteiger partial charge on any atom is 0.325 e. The largest absolute Gasteiger partial charge is 0.480 e. The van der Waals surface area contributed by atoms with E-state index in [1.165, 1.54) is 6.92 Å². The number of carboxylic acid groups (broad SMARTS) is 1. The number of halogens is 1. The first-order valence-electron chi connectivity index (χ1n) is 4.23. The molecule has 1 atom stereocenters. The summed E-state index contributed by atoms with van der Waals surface area (Å²) in [7, 11) is 0. The van der Waals surface area contributed by atoms with E-state index in [1.54, 1.807) is 18.2 Å². The molecular weight excluding hydrogens is 260 g/mol. The molecule has 0 radical (unpaired) electrons. The highest BCUT2D eigenvalue weighted by Crippen LogP contribution is 2.21. The highest BCUT2D eigenvalue weighted by atomic mass is 79.9. The Hall–Kier alpha value is -1.54. The molecule has 0 aliphatic rings. The summed E-state index contributed by atoms with van der Waals surface area (Å²) in [6, 6.07) is 6.30. The molecule has 0 saturated heterocycles. The van der Waals surface area contributed by atoms with Crippen molar-refractivity contribution in [1.82, 2.24) is 0 Å². The molecule has 1 rings (SSSR count). The Morgan fingerprint density at radius 3 is 2.87 bits per heavy atom. The van der Waals surface area contributed by atoms with Gasteiger partial charge in [0, 0.05) is 4.47 Å². The summed E-state index contributed by atoms with van der Waals surface area (Å²) in [5, 5.41) is 20.3. The molecular formula is C10H9BrN2O2. The number of carbonyl (C=O) groups is 1. The van der Waals surface area contributed by atoms with Gasteiger partial charge in [0.2, 0.25) is 0 Å². The maximum absolute atomic E-state index is 10.6. The predicted octanol–water partition coefficient (Wildman–Crippen LogP) is 2.21. The lowest BCUT2D eigenvalue weighted by atomic mass is 10.2. The third kappa shape index (κ3) is 2.96. The molecule has 0 aliphatic carbocycles. The van der Waals surface area contributed by atoms with Gasteiger partial charge in [0.1, 0.15) is 12.1 Å². The predicted molar refractivity (Wildman–Crippen MR) is 59.6 cm³/mol. The molecule has 0 aliphatic heterocycles. The summed E-state index contributed by atoms with van der Waals surface area (Å²) in [6.07, 6.45) is 0. The molecule has 0 saturated carbocycles. The van der Waals surface area contributed by atoms with Crippen LogP contribution in [0.2, 0.25) is 0 Å². The molecule has 1 aromatic carbocycles. The van der Waals surface area contributed by atoms with Crippen LogP contribution in [0.1, 0.15) is 12.5 Å². The molecule has 0 spiro atoms. The number of nitrogens with zero attached hydrogens (tertiary/aromatic N) is 1. The van der Waals surface area contributed by atoms with E-state index in [9.17, 15) is 4.79 Å². The van der Waals surface area contributed by atoms with Gasteiger partial charge in [-0.2, -0.15) is 5.26 Å². The first-order valence-corrected chi connectivity index (χ1v) is 5.03. The van der Waals surface area contributed by atoms with Crippen LogP contribution in [-0.4, -0.2) is 17.1 Å². The second-order valence-electron chi connectivity index (χ2n) is 3.01. The smallest absolute Gasteiger partial charge is 0.325 e. The Bertz CT molecular complexity index is 426. The number of benzene rings is 1. The van der Waals surface area contributed by atoms with E-state index in [0.29, 0.717) is 11.3 Å². The average Bonchev–Trinajstić information content (AvgIpc) is 2.18. The van der Waals surface area contributed by atoms with Gasteiger partial charge in [0.05, 0.1) is 11.3 Å². The third-order valence-electron chi connectivity index (χ3n) is 1.84. The number of nitrogens with one attached hydrogen (secondary N) is 1. The number of carboxylic acids is 1. The fraction of sp³-hybridized carbons (Fsp3) is 0.200. The maximum atomic E-state index is 10.6. The Morgan fingerprint density at radius 2 is 2.33 bits per heavy atom. The van der Waals surface area contributed by atoms with Gasteiger partial charge in [0.25, 0.3) is 0 Å². The quantitative estimate of drug-likeness (QED) is 0.882. The summed E-state index contributed by atoms with van der Waals surface area (Å²) < 4.78 is 0.793. The average molecular weight is 269 g/mol. The topological polar surface area (TPSA) is 73.1 Å². The molecule has 0 heterocycles. The van der Waals surface area contributed by atoms with Gasteiger partial charge in [-0.15, -0.1) is 0 Å². The minimum absolute atomic E-state index is 0.423. The highest BCUT2D eigenvalue weighted by Gasteiger charge is 2.12. The molecule has 1 aromatic rings. The van der Waals surface area contributed by atoms with Gasteiger partial charge in [0.15, 0.2) is 0 Å². The fourth-order valence-corrected chi connectivity index (χ4v) is 1.39. The second kappa shape index (κ2) is 4.80. The second-order valence-corrected chi connectivity index (χ2v) is 3.92. The molecule has 0 bridgehead atoms. The Labute approximate surface area is 95.7 Å². The number of nitriles is 1. The van der Waals surface area contributed by atoms with E-state index in [2.05, 4.69) is 21.2 Å². The van der Waals surface area contributed by atoms with Gasteiger partial charge in [-0.1, -0.05) is 15.9 Å². The van der Waals surface area contributed by atoms with Gasteiger partial charge in [-0.25, -0.2) is 0 Å². The lowest BCUT2D eigenvalue weighted by molar-refractivity contribution is -0.137. The molecule has 0 aromatic heterocycles. The highest BCUT2D eigenvalue weighted by molar-refractivity contribution is 9.10. The SMILES string of the molecule is CC(Nc1cc(Br)ccc1C#N)C(=O)O. The van der Waals surface area contributed by atoms with Crippen LogP contribution in [0.3, 0.4) is 0 Å². The lowest BCUT2D eigenvalue weighted by Crippen LogP contribution is -2.25. The van der Waals surface area contributed by atoms with Crippen LogP contribution in [0.25, 0.3) is 0 Å². The molecule has 15 heavy (non-hydrogen) atoms. The van der Waals surface area contributed by atoms with Crippen molar-refractivity contribution >= 4 is 27.6 Å². The van der Waals surface area contributed by atoms with Crippen LogP contribution < -0.4 is 5.32 Å². The van der Waals surface area contributed by atoms with E-state index in [1.807, 2.05) is 6.07 Å². The van der Waals surface area contributed by atoms with Crippen LogP contribution >= 0.6 is 15.9 Å². The molecule has 4 nitrogen and oxygen atoms in total. The molecule has 5 heteroatoms. The zero-order valence-electron chi connectivity index (χ0n) is 7.99. The summed E-state index contributed by atoms with van der Waals surface area (Å²) in [5.74, 6) is -0.959. The third-order valence-corrected chi connectivity index (χ3v) is 2.34. The summed E-state index contributed by atoms with van der Waals surface area (Å²) in [5.41, 5.74) is 0.938. The lowest BCUT2D eigenvalue weighted by Gasteiger charge is -2.12. The van der Waals surface area contributed by atoms with Gasteiger partial charge >= 0.3 is 5.97 Å². The molecule has 0 fully saturated rings. The van der Waals surface area contributed by atoms with Crippen molar-refractivity contribution in [2.24, 2.45) is 0 Å². The summed E-state index contributed by atoms with van der Waals surface area (Å²) in [6.45, 7) is 1.52. The van der Waals surface area contributed by atoms with Crippen molar-refractivity contribution in [3.63, 3.8) is 0 Å². The van der Waals surface area contributed by atoms with Crippen molar-refractivity contribution in [3.8, 4) is 6.07 Å². The number of hydrogen-bond acceptors (Lipinski definition) is 3. The van der Waals surface area contributed by atoms with Crippen LogP contribution in [0.5, 0.6) is 0 Å². The molecule has 78 valence electrons. The van der Waals surface area contributed by atoms with Crippen molar-refractivity contribution in [3.05, 3.63) is 28.2 Å². The first-order chi connectivity index (χ1) is 7.04.